The minimum absolute atomic E-state index is 0. The van der Waals surface area contributed by atoms with Gasteiger partial charge in [0.2, 0.25) is 0 Å². The Labute approximate surface area is 143 Å². The van der Waals surface area contributed by atoms with Crippen LogP contribution in [0.25, 0.3) is 0 Å². The highest BCUT2D eigenvalue weighted by atomic mass is 35.5. The van der Waals surface area contributed by atoms with E-state index in [1.807, 2.05) is 55.3 Å². The first-order valence-corrected chi connectivity index (χ1v) is 7.72. The van der Waals surface area contributed by atoms with Gasteiger partial charge in [-0.1, -0.05) is 6.07 Å². The fraction of sp³-hybridized carbons (Fsp3) is 0.333. The smallest absolute Gasteiger partial charge is 0.254 e. The molecule has 5 heteroatoms. The lowest BCUT2D eigenvalue weighted by atomic mass is 10.1. The molecule has 4 nitrogen and oxygen atoms in total. The van der Waals surface area contributed by atoms with E-state index in [1.165, 1.54) is 5.56 Å². The summed E-state index contributed by atoms with van der Waals surface area (Å²) in [5, 5.41) is 3.32. The molecule has 0 unspecified atom stereocenters. The summed E-state index contributed by atoms with van der Waals surface area (Å²) in [5.74, 6) is 0.0774. The Balaban J connectivity index is 0.00000192. The first-order chi connectivity index (χ1) is 10.6. The molecule has 2 aromatic rings. The van der Waals surface area contributed by atoms with E-state index in [0.717, 1.165) is 29.8 Å². The number of fused-ring (bicyclic) bond motifs is 1. The lowest BCUT2D eigenvalue weighted by Crippen LogP contribution is -2.36. The number of hydrogen-bond acceptors (Lipinski definition) is 3. The number of nitrogens with one attached hydrogen (secondary N) is 1. The van der Waals surface area contributed by atoms with Gasteiger partial charge in [0.1, 0.15) is 0 Å². The molecule has 23 heavy (non-hydrogen) atoms. The SMILES string of the molecule is CC(C)N(Cc1cccnc1)C(=O)c1ccc2c(c1)CCN2.Cl. The Kier molecular flexibility index (Phi) is 5.61. The summed E-state index contributed by atoms with van der Waals surface area (Å²) in [6.45, 7) is 5.63. The third kappa shape index (κ3) is 3.82. The summed E-state index contributed by atoms with van der Waals surface area (Å²) in [7, 11) is 0. The molecule has 0 radical (unpaired) electrons. The average Bonchev–Trinajstić information content (AvgIpc) is 3.00. The van der Waals surface area contributed by atoms with Crippen molar-refractivity contribution in [2.75, 3.05) is 11.9 Å². The molecule has 122 valence electrons. The number of rotatable bonds is 4. The van der Waals surface area contributed by atoms with Gasteiger partial charge in [-0.2, -0.15) is 0 Å². The number of hydrogen-bond donors (Lipinski definition) is 1. The van der Waals surface area contributed by atoms with Crippen LogP contribution in [0.3, 0.4) is 0 Å². The normalized spacial score (nSPS) is 12.3. The highest BCUT2D eigenvalue weighted by Crippen LogP contribution is 2.24. The van der Waals surface area contributed by atoms with Crippen LogP contribution in [0.1, 0.15) is 35.3 Å². The number of pyridine rings is 1. The Morgan fingerprint density at radius 3 is 2.87 bits per heavy atom. The summed E-state index contributed by atoms with van der Waals surface area (Å²) in [6, 6.07) is 9.99. The van der Waals surface area contributed by atoms with Crippen molar-refractivity contribution in [1.82, 2.24) is 9.88 Å². The predicted octanol–water partition coefficient (Wildman–Crippen LogP) is 3.52. The molecular formula is C18H22ClN3O. The largest absolute Gasteiger partial charge is 0.384 e. The molecule has 0 atom stereocenters. The number of benzene rings is 1. The van der Waals surface area contributed by atoms with E-state index in [2.05, 4.69) is 10.3 Å². The van der Waals surface area contributed by atoms with Crippen molar-refractivity contribution in [3.8, 4) is 0 Å². The maximum absolute atomic E-state index is 12.9. The van der Waals surface area contributed by atoms with Crippen molar-refractivity contribution in [2.45, 2.75) is 32.9 Å². The molecule has 1 aliphatic rings. The summed E-state index contributed by atoms with van der Waals surface area (Å²) in [4.78, 5) is 18.9. The zero-order chi connectivity index (χ0) is 15.5. The molecule has 0 spiro atoms. The van der Waals surface area contributed by atoms with Crippen molar-refractivity contribution in [3.05, 3.63) is 59.4 Å². The van der Waals surface area contributed by atoms with Gasteiger partial charge in [-0.05, 0) is 55.7 Å². The zero-order valence-corrected chi connectivity index (χ0v) is 14.3. The Morgan fingerprint density at radius 1 is 1.35 bits per heavy atom. The topological polar surface area (TPSA) is 45.2 Å². The van der Waals surface area contributed by atoms with Gasteiger partial charge < -0.3 is 10.2 Å². The van der Waals surface area contributed by atoms with Crippen LogP contribution in [-0.4, -0.2) is 28.4 Å². The van der Waals surface area contributed by atoms with Crippen LogP contribution in [0.4, 0.5) is 5.69 Å². The van der Waals surface area contributed by atoms with E-state index in [-0.39, 0.29) is 24.4 Å². The number of amides is 1. The van der Waals surface area contributed by atoms with Crippen molar-refractivity contribution in [3.63, 3.8) is 0 Å². The van der Waals surface area contributed by atoms with Gasteiger partial charge in [0.25, 0.3) is 5.91 Å². The van der Waals surface area contributed by atoms with Crippen LogP contribution in [0.15, 0.2) is 42.7 Å². The lowest BCUT2D eigenvalue weighted by molar-refractivity contribution is 0.0690. The van der Waals surface area contributed by atoms with Crippen molar-refractivity contribution >= 4 is 24.0 Å². The second-order valence-electron chi connectivity index (χ2n) is 5.94. The van der Waals surface area contributed by atoms with Crippen LogP contribution < -0.4 is 5.32 Å². The van der Waals surface area contributed by atoms with Gasteiger partial charge in [0.05, 0.1) is 0 Å². The van der Waals surface area contributed by atoms with E-state index in [9.17, 15) is 4.79 Å². The van der Waals surface area contributed by atoms with Gasteiger partial charge in [-0.25, -0.2) is 0 Å². The van der Waals surface area contributed by atoms with E-state index in [1.54, 1.807) is 6.20 Å². The predicted molar refractivity (Wildman–Crippen MR) is 95.1 cm³/mol. The van der Waals surface area contributed by atoms with Crippen molar-refractivity contribution in [1.29, 1.82) is 0 Å². The Hall–Kier alpha value is -2.07. The maximum atomic E-state index is 12.9. The van der Waals surface area contributed by atoms with Crippen LogP contribution in [-0.2, 0) is 13.0 Å². The lowest BCUT2D eigenvalue weighted by Gasteiger charge is -2.27. The Morgan fingerprint density at radius 2 is 2.17 bits per heavy atom. The first-order valence-electron chi connectivity index (χ1n) is 7.72. The van der Waals surface area contributed by atoms with Crippen LogP contribution in [0.5, 0.6) is 0 Å². The first kappa shape index (κ1) is 17.3. The molecule has 0 saturated heterocycles. The number of carbonyl (C=O) groups excluding carboxylic acids is 1. The second kappa shape index (κ2) is 7.47. The molecule has 0 aliphatic carbocycles. The monoisotopic (exact) mass is 331 g/mol. The number of anilines is 1. The second-order valence-corrected chi connectivity index (χ2v) is 5.94. The fourth-order valence-corrected chi connectivity index (χ4v) is 2.78. The van der Waals surface area contributed by atoms with Crippen LogP contribution in [0, 0.1) is 0 Å². The molecular weight excluding hydrogens is 310 g/mol. The molecule has 1 aromatic carbocycles. The van der Waals surface area contributed by atoms with Gasteiger partial charge in [-0.3, -0.25) is 9.78 Å². The average molecular weight is 332 g/mol. The summed E-state index contributed by atoms with van der Waals surface area (Å²) >= 11 is 0. The third-order valence-corrected chi connectivity index (χ3v) is 4.02. The standard InChI is InChI=1S/C18H21N3O.ClH/c1-13(2)21(12-14-4-3-8-19-11-14)18(22)16-5-6-17-15(10-16)7-9-20-17;/h3-6,8,10-11,13,20H,7,9,12H2,1-2H3;1H. The number of halogens is 1. The Bertz CT molecular complexity index is 673. The zero-order valence-electron chi connectivity index (χ0n) is 13.5. The number of nitrogens with zero attached hydrogens (tertiary/aromatic N) is 2. The molecule has 1 aliphatic heterocycles. The van der Waals surface area contributed by atoms with Gasteiger partial charge >= 0.3 is 0 Å². The molecule has 1 amide bonds. The van der Waals surface area contributed by atoms with Crippen molar-refractivity contribution < 1.29 is 4.79 Å². The van der Waals surface area contributed by atoms with Crippen LogP contribution in [0.2, 0.25) is 0 Å². The van der Waals surface area contributed by atoms with Gasteiger partial charge in [0, 0.05) is 42.8 Å². The summed E-state index contributed by atoms with van der Waals surface area (Å²) in [6.07, 6.45) is 4.55. The number of aromatic nitrogens is 1. The third-order valence-electron chi connectivity index (χ3n) is 4.02. The minimum atomic E-state index is 0. The van der Waals surface area contributed by atoms with Crippen LogP contribution >= 0.6 is 12.4 Å². The molecule has 0 bridgehead atoms. The molecule has 2 heterocycles. The van der Waals surface area contributed by atoms with E-state index >= 15 is 0 Å². The molecule has 0 saturated carbocycles. The number of carbonyl (C=O) groups is 1. The fourth-order valence-electron chi connectivity index (χ4n) is 2.78. The van der Waals surface area contributed by atoms with E-state index in [4.69, 9.17) is 0 Å². The van der Waals surface area contributed by atoms with Crippen molar-refractivity contribution in [2.24, 2.45) is 0 Å². The molecule has 3 rings (SSSR count). The minimum Gasteiger partial charge on any atom is -0.384 e. The molecule has 1 aromatic heterocycles. The summed E-state index contributed by atoms with van der Waals surface area (Å²) in [5.41, 5.74) is 4.20. The molecule has 1 N–H and O–H groups in total. The maximum Gasteiger partial charge on any atom is 0.254 e. The highest BCUT2D eigenvalue weighted by Gasteiger charge is 2.21. The molecule has 0 fully saturated rings. The quantitative estimate of drug-likeness (QED) is 0.932. The summed E-state index contributed by atoms with van der Waals surface area (Å²) < 4.78 is 0. The van der Waals surface area contributed by atoms with Gasteiger partial charge in [-0.15, -0.1) is 12.4 Å². The van der Waals surface area contributed by atoms with Gasteiger partial charge in [0.15, 0.2) is 0 Å². The van der Waals surface area contributed by atoms with E-state index < -0.39 is 0 Å². The highest BCUT2D eigenvalue weighted by molar-refractivity contribution is 5.95. The van der Waals surface area contributed by atoms with E-state index in [0.29, 0.717) is 6.54 Å².